The van der Waals surface area contributed by atoms with Crippen LogP contribution in [0.2, 0.25) is 0 Å². The van der Waals surface area contributed by atoms with Gasteiger partial charge in [-0.15, -0.1) is 0 Å². The summed E-state index contributed by atoms with van der Waals surface area (Å²) < 4.78 is 25.8. The first-order chi connectivity index (χ1) is 6.02. The van der Waals surface area contributed by atoms with Gasteiger partial charge in [-0.25, -0.2) is 8.78 Å². The van der Waals surface area contributed by atoms with Crippen molar-refractivity contribution in [2.45, 2.75) is 6.42 Å². The van der Waals surface area contributed by atoms with Gasteiger partial charge in [-0.05, 0) is 12.1 Å². The van der Waals surface area contributed by atoms with Crippen LogP contribution in [0.25, 0.3) is 0 Å². The predicted molar refractivity (Wildman–Crippen MR) is 42.1 cm³/mol. The summed E-state index contributed by atoms with van der Waals surface area (Å²) in [5.41, 5.74) is 4.37. The van der Waals surface area contributed by atoms with Crippen LogP contribution in [0.4, 0.5) is 14.5 Å². The molecule has 0 fully saturated rings. The Kier molecular flexibility index (Phi) is 2.46. The van der Waals surface area contributed by atoms with E-state index in [9.17, 15) is 13.6 Å². The van der Waals surface area contributed by atoms with Gasteiger partial charge in [-0.2, -0.15) is 0 Å². The Bertz CT molecular complexity index is 352. The van der Waals surface area contributed by atoms with E-state index in [-0.39, 0.29) is 5.69 Å². The van der Waals surface area contributed by atoms with Crippen molar-refractivity contribution in [1.29, 1.82) is 0 Å². The summed E-state index contributed by atoms with van der Waals surface area (Å²) in [5.74, 6) is -3.19. The lowest BCUT2D eigenvalue weighted by atomic mass is 10.1. The first-order valence-corrected chi connectivity index (χ1v) is 3.46. The van der Waals surface area contributed by atoms with Crippen LogP contribution >= 0.6 is 0 Å². The Hall–Kier alpha value is -1.65. The lowest BCUT2D eigenvalue weighted by molar-refractivity contribution is -0.136. The molecular weight excluding hydrogens is 180 g/mol. The number of anilines is 1. The number of rotatable bonds is 2. The molecule has 0 spiro atoms. The van der Waals surface area contributed by atoms with Crippen LogP contribution in [-0.4, -0.2) is 11.1 Å². The average molecular weight is 187 g/mol. The number of carboxylic acid groups (broad SMARTS) is 1. The second-order valence-electron chi connectivity index (χ2n) is 2.50. The number of halogens is 2. The number of hydrogen-bond acceptors (Lipinski definition) is 2. The van der Waals surface area contributed by atoms with Gasteiger partial charge in [-0.1, -0.05) is 0 Å². The van der Waals surface area contributed by atoms with E-state index >= 15 is 0 Å². The molecular formula is C8H7F2NO2. The van der Waals surface area contributed by atoms with Crippen molar-refractivity contribution < 1.29 is 18.7 Å². The predicted octanol–water partition coefficient (Wildman–Crippen LogP) is 1.17. The zero-order chi connectivity index (χ0) is 10.0. The van der Waals surface area contributed by atoms with E-state index in [0.29, 0.717) is 0 Å². The molecule has 0 aliphatic heterocycles. The highest BCUT2D eigenvalue weighted by atomic mass is 19.1. The average Bonchev–Trinajstić information content (AvgIpc) is 2.05. The zero-order valence-corrected chi connectivity index (χ0v) is 6.55. The molecule has 0 atom stereocenters. The van der Waals surface area contributed by atoms with E-state index in [1.165, 1.54) is 0 Å². The SMILES string of the molecule is Nc1ccc(F)c(CC(=O)O)c1F. The maximum absolute atomic E-state index is 13.0. The fourth-order valence-corrected chi connectivity index (χ4v) is 0.929. The molecule has 5 heteroatoms. The fourth-order valence-electron chi connectivity index (χ4n) is 0.929. The molecule has 70 valence electrons. The van der Waals surface area contributed by atoms with Gasteiger partial charge in [-0.3, -0.25) is 4.79 Å². The summed E-state index contributed by atoms with van der Waals surface area (Å²) >= 11 is 0. The van der Waals surface area contributed by atoms with Crippen molar-refractivity contribution in [3.63, 3.8) is 0 Å². The van der Waals surface area contributed by atoms with Crippen molar-refractivity contribution >= 4 is 11.7 Å². The molecule has 0 saturated heterocycles. The molecule has 0 amide bonds. The number of carboxylic acids is 1. The van der Waals surface area contributed by atoms with Crippen LogP contribution in [0, 0.1) is 11.6 Å². The first kappa shape index (κ1) is 9.44. The van der Waals surface area contributed by atoms with Gasteiger partial charge < -0.3 is 10.8 Å². The molecule has 0 unspecified atom stereocenters. The molecule has 0 radical (unpaired) electrons. The second kappa shape index (κ2) is 3.38. The number of nitrogens with two attached hydrogens (primary N) is 1. The van der Waals surface area contributed by atoms with E-state index in [4.69, 9.17) is 10.8 Å². The highest BCUT2D eigenvalue weighted by Crippen LogP contribution is 2.18. The third kappa shape index (κ3) is 1.93. The van der Waals surface area contributed by atoms with Crippen LogP contribution in [-0.2, 0) is 11.2 Å². The van der Waals surface area contributed by atoms with Crippen LogP contribution in [0.15, 0.2) is 12.1 Å². The molecule has 13 heavy (non-hydrogen) atoms. The monoisotopic (exact) mass is 187 g/mol. The molecule has 1 aromatic carbocycles. The molecule has 3 nitrogen and oxygen atoms in total. The van der Waals surface area contributed by atoms with Crippen molar-refractivity contribution in [2.75, 3.05) is 5.73 Å². The normalized spacial score (nSPS) is 10.0. The topological polar surface area (TPSA) is 63.3 Å². The minimum atomic E-state index is -1.30. The summed E-state index contributed by atoms with van der Waals surface area (Å²) in [6.07, 6.45) is -0.706. The summed E-state index contributed by atoms with van der Waals surface area (Å²) in [5, 5.41) is 8.33. The summed E-state index contributed by atoms with van der Waals surface area (Å²) in [7, 11) is 0. The minimum absolute atomic E-state index is 0.252. The van der Waals surface area contributed by atoms with Crippen LogP contribution in [0.3, 0.4) is 0 Å². The second-order valence-corrected chi connectivity index (χ2v) is 2.50. The molecule has 0 aromatic heterocycles. The van der Waals surface area contributed by atoms with Gasteiger partial charge in [0.15, 0.2) is 5.82 Å². The van der Waals surface area contributed by atoms with Gasteiger partial charge in [0.05, 0.1) is 12.1 Å². The Morgan fingerprint density at radius 2 is 2.08 bits per heavy atom. The molecule has 1 rings (SSSR count). The fraction of sp³-hybridized carbons (Fsp3) is 0.125. The first-order valence-electron chi connectivity index (χ1n) is 3.46. The standard InChI is InChI=1S/C8H7F2NO2/c9-5-1-2-6(11)8(10)4(5)3-7(12)13/h1-2H,3,11H2,(H,12,13). The molecule has 0 bridgehead atoms. The number of carbonyl (C=O) groups is 1. The zero-order valence-electron chi connectivity index (χ0n) is 6.55. The van der Waals surface area contributed by atoms with Crippen LogP contribution in [0.1, 0.15) is 5.56 Å². The van der Waals surface area contributed by atoms with Gasteiger partial charge >= 0.3 is 5.97 Å². The smallest absolute Gasteiger partial charge is 0.308 e. The number of hydrogen-bond donors (Lipinski definition) is 2. The van der Waals surface area contributed by atoms with E-state index < -0.39 is 29.6 Å². The van der Waals surface area contributed by atoms with Gasteiger partial charge in [0.25, 0.3) is 0 Å². The Labute approximate surface area is 72.8 Å². The maximum Gasteiger partial charge on any atom is 0.308 e. The van der Waals surface area contributed by atoms with E-state index in [2.05, 4.69) is 0 Å². The maximum atomic E-state index is 13.0. The minimum Gasteiger partial charge on any atom is -0.481 e. The number of nitrogen functional groups attached to an aromatic ring is 1. The highest BCUT2D eigenvalue weighted by Gasteiger charge is 2.14. The Balaban J connectivity index is 3.17. The van der Waals surface area contributed by atoms with E-state index in [1.54, 1.807) is 0 Å². The van der Waals surface area contributed by atoms with Crippen molar-refractivity contribution in [3.05, 3.63) is 29.3 Å². The number of aliphatic carboxylic acids is 1. The molecule has 0 heterocycles. The molecule has 3 N–H and O–H groups in total. The van der Waals surface area contributed by atoms with E-state index in [0.717, 1.165) is 12.1 Å². The van der Waals surface area contributed by atoms with Gasteiger partial charge in [0.1, 0.15) is 5.82 Å². The van der Waals surface area contributed by atoms with Crippen molar-refractivity contribution in [1.82, 2.24) is 0 Å². The Morgan fingerprint density at radius 3 is 2.62 bits per heavy atom. The lowest BCUT2D eigenvalue weighted by Gasteiger charge is -2.03. The van der Waals surface area contributed by atoms with Crippen LogP contribution in [0.5, 0.6) is 0 Å². The molecule has 0 saturated carbocycles. The molecule has 0 aliphatic rings. The largest absolute Gasteiger partial charge is 0.481 e. The summed E-state index contributed by atoms with van der Waals surface area (Å²) in [6.45, 7) is 0. The van der Waals surface area contributed by atoms with Crippen molar-refractivity contribution in [2.24, 2.45) is 0 Å². The third-order valence-electron chi connectivity index (χ3n) is 1.54. The number of benzene rings is 1. The molecule has 0 aliphatic carbocycles. The summed E-state index contributed by atoms with van der Waals surface area (Å²) in [4.78, 5) is 10.2. The van der Waals surface area contributed by atoms with Crippen molar-refractivity contribution in [3.8, 4) is 0 Å². The van der Waals surface area contributed by atoms with E-state index in [1.807, 2.05) is 0 Å². The molecule has 1 aromatic rings. The van der Waals surface area contributed by atoms with Gasteiger partial charge in [0, 0.05) is 5.56 Å². The Morgan fingerprint density at radius 1 is 1.46 bits per heavy atom. The quantitative estimate of drug-likeness (QED) is 0.683. The lowest BCUT2D eigenvalue weighted by Crippen LogP contribution is -2.07. The highest BCUT2D eigenvalue weighted by molar-refractivity contribution is 5.71. The summed E-state index contributed by atoms with van der Waals surface area (Å²) in [6, 6.07) is 1.99. The van der Waals surface area contributed by atoms with Crippen LogP contribution < -0.4 is 5.73 Å². The third-order valence-corrected chi connectivity index (χ3v) is 1.54. The van der Waals surface area contributed by atoms with Gasteiger partial charge in [0.2, 0.25) is 0 Å².